The van der Waals surface area contributed by atoms with E-state index in [0.717, 1.165) is 22.1 Å². The topological polar surface area (TPSA) is 63.1 Å². The number of carboxylic acids is 1. The number of thioether (sulfide) groups is 1. The number of aryl methyl sites for hydroxylation is 1. The first kappa shape index (κ1) is 14.0. The van der Waals surface area contributed by atoms with Gasteiger partial charge in [-0.15, -0.1) is 0 Å². The second-order valence-corrected chi connectivity index (χ2v) is 5.71. The van der Waals surface area contributed by atoms with Gasteiger partial charge in [-0.05, 0) is 29.2 Å². The van der Waals surface area contributed by atoms with Crippen LogP contribution in [0.1, 0.15) is 28.7 Å². The summed E-state index contributed by atoms with van der Waals surface area (Å²) in [4.78, 5) is 15.0. The van der Waals surface area contributed by atoms with E-state index in [1.54, 1.807) is 6.07 Å². The van der Waals surface area contributed by atoms with Crippen molar-refractivity contribution < 1.29 is 14.3 Å². The number of halogens is 1. The SMILES string of the molecule is CCc1nsc(SCc2ccc(C(=O)O)c(F)c2)n1. The molecule has 2 rings (SSSR count). The van der Waals surface area contributed by atoms with Gasteiger partial charge in [0.15, 0.2) is 4.34 Å². The third-order valence-electron chi connectivity index (χ3n) is 2.39. The molecule has 1 N–H and O–H groups in total. The predicted molar refractivity (Wildman–Crippen MR) is 72.2 cm³/mol. The number of nitrogens with zero attached hydrogens (tertiary/aromatic N) is 2. The first-order valence-electron chi connectivity index (χ1n) is 5.57. The van der Waals surface area contributed by atoms with Crippen molar-refractivity contribution >= 4 is 29.3 Å². The number of carbonyl (C=O) groups is 1. The molecule has 0 aliphatic heterocycles. The van der Waals surface area contributed by atoms with Crippen molar-refractivity contribution in [3.63, 3.8) is 0 Å². The Morgan fingerprint density at radius 3 is 2.89 bits per heavy atom. The van der Waals surface area contributed by atoms with Gasteiger partial charge in [0.1, 0.15) is 11.6 Å². The molecular weight excluding hydrogens is 287 g/mol. The lowest BCUT2D eigenvalue weighted by Crippen LogP contribution is -2.00. The number of hydrogen-bond acceptors (Lipinski definition) is 5. The van der Waals surface area contributed by atoms with Gasteiger partial charge in [0, 0.05) is 12.2 Å². The average molecular weight is 298 g/mol. The maximum atomic E-state index is 13.5. The van der Waals surface area contributed by atoms with Crippen molar-refractivity contribution in [3.05, 3.63) is 41.0 Å². The first-order chi connectivity index (χ1) is 9.10. The fourth-order valence-corrected chi connectivity index (χ4v) is 3.05. The molecule has 0 radical (unpaired) electrons. The van der Waals surface area contributed by atoms with Crippen LogP contribution in [0.15, 0.2) is 22.5 Å². The molecule has 0 bridgehead atoms. The molecule has 2 aromatic rings. The molecule has 0 saturated heterocycles. The second kappa shape index (κ2) is 6.12. The highest BCUT2D eigenvalue weighted by Crippen LogP contribution is 2.25. The maximum Gasteiger partial charge on any atom is 0.338 e. The molecule has 0 unspecified atom stereocenters. The van der Waals surface area contributed by atoms with Gasteiger partial charge in [0.05, 0.1) is 5.56 Å². The zero-order valence-corrected chi connectivity index (χ0v) is 11.7. The van der Waals surface area contributed by atoms with Gasteiger partial charge in [0.25, 0.3) is 0 Å². The summed E-state index contributed by atoms with van der Waals surface area (Å²) in [6.07, 6.45) is 0.791. The summed E-state index contributed by atoms with van der Waals surface area (Å²) in [5.74, 6) is -0.625. The van der Waals surface area contributed by atoms with Crippen LogP contribution in [0.5, 0.6) is 0 Å². The zero-order chi connectivity index (χ0) is 13.8. The van der Waals surface area contributed by atoms with Crippen LogP contribution in [0.25, 0.3) is 0 Å². The van der Waals surface area contributed by atoms with Gasteiger partial charge in [-0.25, -0.2) is 14.2 Å². The first-order valence-corrected chi connectivity index (χ1v) is 7.33. The van der Waals surface area contributed by atoms with E-state index in [9.17, 15) is 9.18 Å². The van der Waals surface area contributed by atoms with Gasteiger partial charge in [-0.1, -0.05) is 24.8 Å². The Morgan fingerprint density at radius 1 is 1.53 bits per heavy atom. The highest BCUT2D eigenvalue weighted by molar-refractivity contribution is 8.00. The van der Waals surface area contributed by atoms with Crippen LogP contribution in [0.3, 0.4) is 0 Å². The maximum absolute atomic E-state index is 13.5. The molecule has 7 heteroatoms. The van der Waals surface area contributed by atoms with Crippen molar-refractivity contribution in [2.24, 2.45) is 0 Å². The molecule has 19 heavy (non-hydrogen) atoms. The van der Waals surface area contributed by atoms with Crippen LogP contribution in [0.4, 0.5) is 4.39 Å². The van der Waals surface area contributed by atoms with E-state index in [4.69, 9.17) is 5.11 Å². The zero-order valence-electron chi connectivity index (χ0n) is 10.1. The summed E-state index contributed by atoms with van der Waals surface area (Å²) < 4.78 is 18.5. The number of aromatic nitrogens is 2. The van der Waals surface area contributed by atoms with Crippen LogP contribution in [0.2, 0.25) is 0 Å². The highest BCUT2D eigenvalue weighted by Gasteiger charge is 2.11. The number of rotatable bonds is 5. The lowest BCUT2D eigenvalue weighted by atomic mass is 10.1. The Balaban J connectivity index is 2.03. The fraction of sp³-hybridized carbons (Fsp3) is 0.250. The lowest BCUT2D eigenvalue weighted by Gasteiger charge is -2.01. The molecule has 1 aromatic carbocycles. The molecule has 1 aromatic heterocycles. The van der Waals surface area contributed by atoms with Crippen LogP contribution in [0, 0.1) is 5.82 Å². The minimum absolute atomic E-state index is 0.307. The Kier molecular flexibility index (Phi) is 4.49. The Hall–Kier alpha value is -1.47. The number of benzene rings is 1. The van der Waals surface area contributed by atoms with Gasteiger partial charge in [-0.2, -0.15) is 4.37 Å². The molecule has 0 spiro atoms. The van der Waals surface area contributed by atoms with E-state index >= 15 is 0 Å². The normalized spacial score (nSPS) is 10.6. The van der Waals surface area contributed by atoms with Crippen LogP contribution in [-0.4, -0.2) is 20.4 Å². The lowest BCUT2D eigenvalue weighted by molar-refractivity contribution is 0.0692. The number of hydrogen-bond donors (Lipinski definition) is 1. The van der Waals surface area contributed by atoms with Crippen molar-refractivity contribution in [2.45, 2.75) is 23.4 Å². The van der Waals surface area contributed by atoms with Crippen LogP contribution < -0.4 is 0 Å². The molecule has 100 valence electrons. The predicted octanol–water partition coefficient (Wildman–Crippen LogP) is 3.23. The summed E-state index contributed by atoms with van der Waals surface area (Å²) >= 11 is 2.78. The molecular formula is C12H11FN2O2S2. The minimum atomic E-state index is -1.26. The molecule has 0 aliphatic rings. The van der Waals surface area contributed by atoms with Crippen molar-refractivity contribution in [1.82, 2.24) is 9.36 Å². The van der Waals surface area contributed by atoms with Crippen molar-refractivity contribution in [2.75, 3.05) is 0 Å². The summed E-state index contributed by atoms with van der Waals surface area (Å²) in [5.41, 5.74) is 0.415. The van der Waals surface area contributed by atoms with E-state index in [2.05, 4.69) is 9.36 Å². The summed E-state index contributed by atoms with van der Waals surface area (Å²) in [6.45, 7) is 1.98. The summed E-state index contributed by atoms with van der Waals surface area (Å²) in [5, 5.41) is 8.73. The van der Waals surface area contributed by atoms with E-state index in [0.29, 0.717) is 5.75 Å². The molecule has 0 atom stereocenters. The van der Waals surface area contributed by atoms with E-state index in [1.807, 2.05) is 6.92 Å². The van der Waals surface area contributed by atoms with Gasteiger partial charge in [-0.3, -0.25) is 0 Å². The smallest absolute Gasteiger partial charge is 0.338 e. The summed E-state index contributed by atoms with van der Waals surface area (Å²) in [6, 6.07) is 4.14. The largest absolute Gasteiger partial charge is 0.478 e. The molecule has 1 heterocycles. The molecule has 4 nitrogen and oxygen atoms in total. The van der Waals surface area contributed by atoms with Crippen molar-refractivity contribution in [1.29, 1.82) is 0 Å². The van der Waals surface area contributed by atoms with Gasteiger partial charge >= 0.3 is 5.97 Å². The Labute approximate surface area is 117 Å². The van der Waals surface area contributed by atoms with Gasteiger partial charge in [0.2, 0.25) is 0 Å². The average Bonchev–Trinajstić information content (AvgIpc) is 2.84. The second-order valence-electron chi connectivity index (χ2n) is 3.74. The quantitative estimate of drug-likeness (QED) is 0.859. The van der Waals surface area contributed by atoms with Crippen LogP contribution in [-0.2, 0) is 12.2 Å². The van der Waals surface area contributed by atoms with Crippen LogP contribution >= 0.6 is 23.3 Å². The molecule has 0 aliphatic carbocycles. The number of carboxylic acid groups (broad SMARTS) is 1. The Bertz CT molecular complexity index is 601. The highest BCUT2D eigenvalue weighted by atomic mass is 32.2. The monoisotopic (exact) mass is 298 g/mol. The van der Waals surface area contributed by atoms with E-state index in [1.165, 1.54) is 35.4 Å². The molecule has 0 saturated carbocycles. The fourth-order valence-electron chi connectivity index (χ4n) is 1.41. The third kappa shape index (κ3) is 3.51. The third-order valence-corrected chi connectivity index (χ3v) is 4.33. The molecule has 0 fully saturated rings. The molecule has 0 amide bonds. The Morgan fingerprint density at radius 2 is 2.32 bits per heavy atom. The summed E-state index contributed by atoms with van der Waals surface area (Å²) in [7, 11) is 0. The van der Waals surface area contributed by atoms with Crippen molar-refractivity contribution in [3.8, 4) is 0 Å². The van der Waals surface area contributed by atoms with Gasteiger partial charge < -0.3 is 5.11 Å². The minimum Gasteiger partial charge on any atom is -0.478 e. The standard InChI is InChI=1S/C12H11FN2O2S2/c1-2-10-14-12(19-15-10)18-6-7-3-4-8(11(16)17)9(13)5-7/h3-5H,2,6H2,1H3,(H,16,17). The van der Waals surface area contributed by atoms with E-state index in [-0.39, 0.29) is 5.56 Å². The van der Waals surface area contributed by atoms with E-state index < -0.39 is 11.8 Å². The number of aromatic carboxylic acids is 1.